The minimum Gasteiger partial charge on any atom is -0.401 e. The Bertz CT molecular complexity index is 809. The molecule has 3 heterocycles. The molecule has 140 valence electrons. The summed E-state index contributed by atoms with van der Waals surface area (Å²) >= 11 is 0. The van der Waals surface area contributed by atoms with Crippen LogP contribution in [0.2, 0.25) is 0 Å². The molecule has 1 aliphatic carbocycles. The Morgan fingerprint density at radius 2 is 2.00 bits per heavy atom. The summed E-state index contributed by atoms with van der Waals surface area (Å²) in [5.41, 5.74) is 11.1. The first-order valence-corrected chi connectivity index (χ1v) is 9.40. The number of piperazine rings is 1. The zero-order valence-corrected chi connectivity index (χ0v) is 15.7. The number of aromatic nitrogens is 2. The summed E-state index contributed by atoms with van der Waals surface area (Å²) in [4.78, 5) is 9.74. The fourth-order valence-electron chi connectivity index (χ4n) is 3.64. The highest BCUT2D eigenvalue weighted by Crippen LogP contribution is 2.41. The van der Waals surface area contributed by atoms with Gasteiger partial charge in [0.05, 0.1) is 17.9 Å². The van der Waals surface area contributed by atoms with Crippen LogP contribution in [-0.4, -0.2) is 52.5 Å². The van der Waals surface area contributed by atoms with Gasteiger partial charge in [-0.1, -0.05) is 0 Å². The predicted octanol–water partition coefficient (Wildman–Crippen LogP) is 1.46. The molecule has 7 nitrogen and oxygen atoms in total. The van der Waals surface area contributed by atoms with Gasteiger partial charge in [-0.25, -0.2) is 10.8 Å². The van der Waals surface area contributed by atoms with E-state index in [2.05, 4.69) is 39.7 Å². The number of imidazole rings is 1. The second-order valence-corrected chi connectivity index (χ2v) is 7.73. The molecule has 7 heteroatoms. The van der Waals surface area contributed by atoms with Crippen molar-refractivity contribution < 1.29 is 0 Å². The fourth-order valence-corrected chi connectivity index (χ4v) is 3.64. The maximum atomic E-state index is 6.02. The highest BCUT2D eigenvalue weighted by molar-refractivity contribution is 5.71. The first-order valence-electron chi connectivity index (χ1n) is 9.40. The Labute approximate surface area is 154 Å². The number of pyridine rings is 1. The van der Waals surface area contributed by atoms with E-state index in [0.29, 0.717) is 18.2 Å². The molecular weight excluding hydrogens is 326 g/mol. The van der Waals surface area contributed by atoms with Crippen LogP contribution in [0.15, 0.2) is 30.4 Å². The number of nitrogens with two attached hydrogens (primary N) is 2. The van der Waals surface area contributed by atoms with Crippen LogP contribution < -0.4 is 16.5 Å². The molecule has 1 saturated heterocycles. The summed E-state index contributed by atoms with van der Waals surface area (Å²) in [7, 11) is 2.18. The third-order valence-corrected chi connectivity index (χ3v) is 5.21. The van der Waals surface area contributed by atoms with Gasteiger partial charge in [-0.2, -0.15) is 0 Å². The number of hydrogen-bond donors (Lipinski definition) is 2. The van der Waals surface area contributed by atoms with Gasteiger partial charge in [0, 0.05) is 50.5 Å². The van der Waals surface area contributed by atoms with Crippen LogP contribution in [0.4, 0.5) is 5.69 Å². The van der Waals surface area contributed by atoms with Crippen molar-refractivity contribution in [1.82, 2.24) is 19.3 Å². The van der Waals surface area contributed by atoms with E-state index in [9.17, 15) is 0 Å². The Morgan fingerprint density at radius 1 is 1.27 bits per heavy atom. The third-order valence-electron chi connectivity index (χ3n) is 5.21. The highest BCUT2D eigenvalue weighted by atomic mass is 15.4. The maximum absolute atomic E-state index is 6.02. The lowest BCUT2D eigenvalue weighted by atomic mass is 10.1. The average Bonchev–Trinajstić information content (AvgIpc) is 3.35. The standard InChI is InChI=1S/C19H29N7/c1-14(20)10-26(21)13-17-12-25-11-16(15-3-4-15)9-18(19(25)22-17)24-7-5-23(2)6-8-24/h9-12,15H,3-8,13,20-21H2,1-2H3/b14-10-. The highest BCUT2D eigenvalue weighted by Gasteiger charge is 2.27. The molecule has 0 amide bonds. The summed E-state index contributed by atoms with van der Waals surface area (Å²) < 4.78 is 2.18. The Hall–Kier alpha value is -2.25. The van der Waals surface area contributed by atoms with Gasteiger partial charge in [0.2, 0.25) is 0 Å². The molecule has 4 rings (SSSR count). The number of fused-ring (bicyclic) bond motifs is 1. The monoisotopic (exact) mass is 355 g/mol. The Kier molecular flexibility index (Phi) is 4.50. The smallest absolute Gasteiger partial charge is 0.160 e. The summed E-state index contributed by atoms with van der Waals surface area (Å²) in [6.07, 6.45) is 8.67. The SMILES string of the molecule is C/C(N)=C/N(N)Cc1cn2cc(C3CC3)cc(N3CCN(C)CC3)c2n1. The zero-order chi connectivity index (χ0) is 18.3. The molecule has 0 bridgehead atoms. The number of likely N-dealkylation sites (N-methyl/N-ethyl adjacent to an activating group) is 1. The van der Waals surface area contributed by atoms with E-state index in [0.717, 1.165) is 37.5 Å². The van der Waals surface area contributed by atoms with Gasteiger partial charge in [-0.05, 0) is 44.4 Å². The second-order valence-electron chi connectivity index (χ2n) is 7.73. The van der Waals surface area contributed by atoms with E-state index in [-0.39, 0.29) is 0 Å². The van der Waals surface area contributed by atoms with Crippen molar-refractivity contribution >= 4 is 11.3 Å². The molecule has 0 spiro atoms. The molecule has 0 radical (unpaired) electrons. The van der Waals surface area contributed by atoms with E-state index in [1.165, 1.54) is 24.1 Å². The summed E-state index contributed by atoms with van der Waals surface area (Å²) in [6.45, 7) is 6.63. The van der Waals surface area contributed by atoms with Crippen LogP contribution in [0.1, 0.15) is 36.9 Å². The van der Waals surface area contributed by atoms with Crippen molar-refractivity contribution in [1.29, 1.82) is 0 Å². The molecule has 2 aromatic heterocycles. The fraction of sp³-hybridized carbons (Fsp3) is 0.526. The number of hydrazine groups is 1. The van der Waals surface area contributed by atoms with Crippen LogP contribution in [-0.2, 0) is 6.54 Å². The van der Waals surface area contributed by atoms with E-state index < -0.39 is 0 Å². The zero-order valence-electron chi connectivity index (χ0n) is 15.7. The minimum absolute atomic E-state index is 0.539. The van der Waals surface area contributed by atoms with Gasteiger partial charge >= 0.3 is 0 Å². The average molecular weight is 355 g/mol. The third kappa shape index (κ3) is 3.64. The molecule has 1 aliphatic heterocycles. The Balaban J connectivity index is 1.68. The van der Waals surface area contributed by atoms with Crippen LogP contribution in [0, 0.1) is 0 Å². The normalized spacial score (nSPS) is 19.3. The van der Waals surface area contributed by atoms with E-state index >= 15 is 0 Å². The lowest BCUT2D eigenvalue weighted by molar-refractivity contribution is 0.313. The van der Waals surface area contributed by atoms with E-state index in [1.807, 2.05) is 6.92 Å². The number of nitrogens with zero attached hydrogens (tertiary/aromatic N) is 5. The van der Waals surface area contributed by atoms with Crippen LogP contribution in [0.25, 0.3) is 5.65 Å². The van der Waals surface area contributed by atoms with E-state index in [1.54, 1.807) is 11.2 Å². The second kappa shape index (κ2) is 6.81. The van der Waals surface area contributed by atoms with Crippen LogP contribution >= 0.6 is 0 Å². The number of anilines is 1. The minimum atomic E-state index is 0.539. The molecule has 1 saturated carbocycles. The topological polar surface area (TPSA) is 79.1 Å². The van der Waals surface area contributed by atoms with Crippen molar-refractivity contribution in [3.05, 3.63) is 41.6 Å². The van der Waals surface area contributed by atoms with Gasteiger partial charge in [0.1, 0.15) is 0 Å². The van der Waals surface area contributed by atoms with Gasteiger partial charge < -0.3 is 24.9 Å². The van der Waals surface area contributed by atoms with Gasteiger partial charge in [0.25, 0.3) is 0 Å². The molecular formula is C19H29N7. The van der Waals surface area contributed by atoms with Gasteiger partial charge in [-0.15, -0.1) is 0 Å². The van der Waals surface area contributed by atoms with Gasteiger partial charge in [0.15, 0.2) is 5.65 Å². The lowest BCUT2D eigenvalue weighted by Gasteiger charge is -2.34. The largest absolute Gasteiger partial charge is 0.401 e. The first kappa shape index (κ1) is 17.2. The van der Waals surface area contributed by atoms with Crippen molar-refractivity contribution in [3.8, 4) is 0 Å². The number of hydrogen-bond acceptors (Lipinski definition) is 6. The molecule has 0 aromatic carbocycles. The molecule has 2 fully saturated rings. The Morgan fingerprint density at radius 3 is 2.65 bits per heavy atom. The van der Waals surface area contributed by atoms with Crippen molar-refractivity contribution in [3.63, 3.8) is 0 Å². The quantitative estimate of drug-likeness (QED) is 0.624. The predicted molar refractivity (Wildman–Crippen MR) is 105 cm³/mol. The van der Waals surface area contributed by atoms with Crippen LogP contribution in [0.5, 0.6) is 0 Å². The molecule has 0 atom stereocenters. The molecule has 4 N–H and O–H groups in total. The summed E-state index contributed by atoms with van der Waals surface area (Å²) in [6, 6.07) is 2.36. The van der Waals surface area contributed by atoms with Crippen LogP contribution in [0.3, 0.4) is 0 Å². The molecule has 26 heavy (non-hydrogen) atoms. The summed E-state index contributed by atoms with van der Waals surface area (Å²) in [5, 5.41) is 1.59. The molecule has 2 aliphatic rings. The van der Waals surface area contributed by atoms with Gasteiger partial charge in [-0.3, -0.25) is 0 Å². The lowest BCUT2D eigenvalue weighted by Crippen LogP contribution is -2.44. The van der Waals surface area contributed by atoms with Crippen molar-refractivity contribution in [2.24, 2.45) is 11.6 Å². The van der Waals surface area contributed by atoms with Crippen molar-refractivity contribution in [2.45, 2.75) is 32.2 Å². The van der Waals surface area contributed by atoms with E-state index in [4.69, 9.17) is 16.6 Å². The molecule has 0 unspecified atom stereocenters. The number of rotatable bonds is 5. The summed E-state index contributed by atoms with van der Waals surface area (Å²) in [5.74, 6) is 6.74. The molecule has 2 aromatic rings. The first-order chi connectivity index (χ1) is 12.5. The van der Waals surface area contributed by atoms with Crippen molar-refractivity contribution in [2.75, 3.05) is 38.1 Å². The maximum Gasteiger partial charge on any atom is 0.160 e. The number of allylic oxidation sites excluding steroid dienone is 1.